The predicted molar refractivity (Wildman–Crippen MR) is 111 cm³/mol. The fourth-order valence-corrected chi connectivity index (χ4v) is 2.74. The van der Waals surface area contributed by atoms with E-state index in [2.05, 4.69) is 23.7 Å². The Balaban J connectivity index is 0.000000602. The van der Waals surface area contributed by atoms with Crippen LogP contribution < -0.4 is 0 Å². The maximum absolute atomic E-state index is 11.6. The first-order valence-electron chi connectivity index (χ1n) is 10.4. The van der Waals surface area contributed by atoms with Gasteiger partial charge in [-0.2, -0.15) is 0 Å². The molecule has 190 valence electrons. The number of aliphatic hydroxyl groups is 2. The van der Waals surface area contributed by atoms with Crippen molar-refractivity contribution >= 4 is 11.8 Å². The van der Waals surface area contributed by atoms with Crippen molar-refractivity contribution in [2.45, 2.75) is 12.2 Å². The van der Waals surface area contributed by atoms with Gasteiger partial charge in [0, 0.05) is 39.4 Å². The fourth-order valence-electron chi connectivity index (χ4n) is 2.74. The molecule has 2 rings (SSSR count). The summed E-state index contributed by atoms with van der Waals surface area (Å²) in [6, 6.07) is 0. The number of aliphatic hydroxyl groups excluding tert-OH is 2. The van der Waals surface area contributed by atoms with Crippen LogP contribution >= 0.6 is 0 Å². The smallest absolute Gasteiger partial charge is 0.248 e. The first kappa shape index (κ1) is 30.6. The Morgan fingerprint density at radius 3 is 1.36 bits per heavy atom. The van der Waals surface area contributed by atoms with Crippen LogP contribution in [0.2, 0.25) is 0 Å². The minimum Gasteiger partial charge on any atom is -0.553 e. The third-order valence-electron chi connectivity index (χ3n) is 4.42. The third-order valence-corrected chi connectivity index (χ3v) is 4.42. The van der Waals surface area contributed by atoms with Gasteiger partial charge in [-0.15, -0.1) is 0 Å². The van der Waals surface area contributed by atoms with Crippen LogP contribution in [0.5, 0.6) is 0 Å². The molecule has 33 heavy (non-hydrogen) atoms. The van der Waals surface area contributed by atoms with E-state index < -0.39 is 12.2 Å². The standard InChI is InChI=1S/2C10H18NO5.Rf/c2*1-14-6-9(12)7-16-8-10(13)11-2-4-15-5-3-11;/h2*9,12H,1-8H2;/q2*-1;. The van der Waals surface area contributed by atoms with Gasteiger partial charge < -0.3 is 48.4 Å². The van der Waals surface area contributed by atoms with Crippen LogP contribution in [0, 0.1) is 14.2 Å². The molecule has 2 fully saturated rings. The van der Waals surface area contributed by atoms with E-state index >= 15 is 0 Å². The van der Waals surface area contributed by atoms with E-state index in [9.17, 15) is 19.8 Å². The maximum atomic E-state index is 11.6. The molecule has 13 heteroatoms. The van der Waals surface area contributed by atoms with E-state index in [0.717, 1.165) is 0 Å². The summed E-state index contributed by atoms with van der Waals surface area (Å²) in [5, 5.41) is 18.5. The Morgan fingerprint density at radius 1 is 0.727 bits per heavy atom. The van der Waals surface area contributed by atoms with Crippen molar-refractivity contribution in [1.29, 1.82) is 0 Å². The van der Waals surface area contributed by atoms with Gasteiger partial charge >= 0.3 is 0 Å². The SMILES string of the molecule is [CH2-]OCC(O)COCC(=O)N1CCOCC1.[CH2-]OCC(O)COCC(=O)N1CCOCC1.[Rf]. The molecule has 0 spiro atoms. The number of carbonyl (C=O) groups is 2. The molecular weight excluding hydrogens is 695 g/mol. The summed E-state index contributed by atoms with van der Waals surface area (Å²) < 4.78 is 29.4. The van der Waals surface area contributed by atoms with Crippen molar-refractivity contribution in [2.24, 2.45) is 0 Å². The van der Waals surface area contributed by atoms with Gasteiger partial charge in [0.2, 0.25) is 11.8 Å². The average molecular weight is 732 g/mol. The zero-order valence-corrected chi connectivity index (χ0v) is 25.6. The van der Waals surface area contributed by atoms with E-state index in [-0.39, 0.29) is 51.5 Å². The summed E-state index contributed by atoms with van der Waals surface area (Å²) in [6.45, 7) is 5.02. The molecule has 2 amide bonds. The van der Waals surface area contributed by atoms with Crippen molar-refractivity contribution in [3.05, 3.63) is 14.2 Å². The Labute approximate surface area is 189 Å². The van der Waals surface area contributed by atoms with Crippen LogP contribution in [-0.2, 0) is 38.0 Å². The van der Waals surface area contributed by atoms with E-state index in [4.69, 9.17) is 18.9 Å². The zero-order chi connectivity index (χ0) is 23.6. The van der Waals surface area contributed by atoms with Crippen LogP contribution in [0.3, 0.4) is 0 Å². The van der Waals surface area contributed by atoms with Crippen molar-refractivity contribution in [1.82, 2.24) is 9.80 Å². The molecule has 0 aromatic rings. The molecule has 0 bridgehead atoms. The summed E-state index contributed by atoms with van der Waals surface area (Å²) in [4.78, 5) is 26.5. The second kappa shape index (κ2) is 19.1. The Bertz CT molecular complexity index is 461. The summed E-state index contributed by atoms with van der Waals surface area (Å²) in [7, 11) is 6.28. The van der Waals surface area contributed by atoms with Crippen LogP contribution in [0.1, 0.15) is 0 Å². The monoisotopic (exact) mass is 731 g/mol. The van der Waals surface area contributed by atoms with Gasteiger partial charge in [-0.25, -0.2) is 14.2 Å². The largest absolute Gasteiger partial charge is 0.553 e. The second-order valence-electron chi connectivity index (χ2n) is 7.07. The van der Waals surface area contributed by atoms with Gasteiger partial charge in [0.25, 0.3) is 0 Å². The zero-order valence-electron chi connectivity index (χ0n) is 19.2. The normalized spacial score (nSPS) is 17.9. The molecule has 2 unspecified atom stereocenters. The van der Waals surface area contributed by atoms with Crippen molar-refractivity contribution in [3.8, 4) is 0 Å². The number of morpholine rings is 2. The molecule has 0 radical (unpaired) electrons. The number of ether oxygens (including phenoxy) is 6. The van der Waals surface area contributed by atoms with E-state index in [1.165, 1.54) is 0 Å². The van der Waals surface area contributed by atoms with E-state index in [1.54, 1.807) is 9.80 Å². The average Bonchev–Trinajstić information content (AvgIpc) is 2.81. The molecule has 2 saturated heterocycles. The Hall–Kier alpha value is -2.38. The Morgan fingerprint density at radius 2 is 1.06 bits per heavy atom. The number of amides is 2. The Kier molecular flexibility index (Phi) is 17.7. The molecule has 2 heterocycles. The molecule has 12 nitrogen and oxygen atoms in total. The molecule has 2 aliphatic heterocycles. The molecular formula is C20H36N2O10Rf-2. The topological polar surface area (TPSA) is 136 Å². The van der Waals surface area contributed by atoms with Gasteiger partial charge in [0.1, 0.15) is 13.2 Å². The quantitative estimate of drug-likeness (QED) is 0.219. The molecule has 0 saturated carbocycles. The predicted octanol–water partition coefficient (Wildman–Crippen LogP) is -1.94. The molecule has 0 aliphatic carbocycles. The number of hydrogen-bond acceptors (Lipinski definition) is 10. The van der Waals surface area contributed by atoms with Gasteiger partial charge in [0.05, 0.1) is 51.8 Å². The summed E-state index contributed by atoms with van der Waals surface area (Å²) in [5.41, 5.74) is 0. The first-order chi connectivity index (χ1) is 15.5. The molecule has 2 aliphatic rings. The molecule has 2 N–H and O–H groups in total. The van der Waals surface area contributed by atoms with Crippen LogP contribution in [-0.4, -0.2) is 136 Å². The van der Waals surface area contributed by atoms with Gasteiger partial charge in [-0.1, -0.05) is 0 Å². The molecule has 0 aromatic heterocycles. The van der Waals surface area contributed by atoms with Crippen molar-refractivity contribution in [3.63, 3.8) is 0 Å². The van der Waals surface area contributed by atoms with Crippen LogP contribution in [0.25, 0.3) is 0 Å². The van der Waals surface area contributed by atoms with Gasteiger partial charge in [-0.3, -0.25) is 9.59 Å². The summed E-state index contributed by atoms with van der Waals surface area (Å²) >= 11 is 0. The number of nitrogens with zero attached hydrogens (tertiary/aromatic N) is 2. The number of hydrogen-bond donors (Lipinski definition) is 2. The minimum absolute atomic E-state index is 0. The van der Waals surface area contributed by atoms with Crippen LogP contribution in [0.15, 0.2) is 0 Å². The fraction of sp³-hybridized carbons (Fsp3) is 0.800. The summed E-state index contributed by atoms with van der Waals surface area (Å²) in [5.74, 6) is -0.155. The summed E-state index contributed by atoms with van der Waals surface area (Å²) in [6.07, 6.45) is -1.48. The maximum Gasteiger partial charge on any atom is 0.248 e. The number of rotatable bonds is 12. The first-order valence-corrected chi connectivity index (χ1v) is 10.4. The molecule has 0 aromatic carbocycles. The second-order valence-corrected chi connectivity index (χ2v) is 7.07. The van der Waals surface area contributed by atoms with Gasteiger partial charge in [0.15, 0.2) is 0 Å². The van der Waals surface area contributed by atoms with E-state index in [0.29, 0.717) is 52.6 Å². The third kappa shape index (κ3) is 14.4. The van der Waals surface area contributed by atoms with Crippen molar-refractivity contribution in [2.75, 3.05) is 92.2 Å². The number of carbonyl (C=O) groups excluding carboxylic acids is 2. The van der Waals surface area contributed by atoms with Gasteiger partial charge in [-0.05, 0) is 0 Å². The minimum atomic E-state index is -0.741. The van der Waals surface area contributed by atoms with Crippen LogP contribution in [0.4, 0.5) is 0 Å². The van der Waals surface area contributed by atoms with Crippen molar-refractivity contribution < 1.29 is 48.2 Å². The molecule has 2 atom stereocenters. The van der Waals surface area contributed by atoms with E-state index in [1.807, 2.05) is 0 Å².